The van der Waals surface area contributed by atoms with Crippen molar-refractivity contribution >= 4 is 21.7 Å². The SMILES string of the molecule is CC(=O)O[C@H]1CC[C@@]2(C)[C@H](CC[C@@H]3[C@H]4CCC(=NNS(=O)(=O)c5ccc(C)cc5)[C@]4(C)CC[C@@H]32)C1. The number of hydrogen-bond acceptors (Lipinski definition) is 5. The summed E-state index contributed by atoms with van der Waals surface area (Å²) in [6.07, 6.45) is 9.84. The Kier molecular flexibility index (Phi) is 6.30. The summed E-state index contributed by atoms with van der Waals surface area (Å²) < 4.78 is 31.3. The van der Waals surface area contributed by atoms with E-state index in [1.54, 1.807) is 12.1 Å². The molecule has 4 aliphatic carbocycles. The number of sulfonamides is 1. The summed E-state index contributed by atoms with van der Waals surface area (Å²) in [6.45, 7) is 8.29. The fourth-order valence-corrected chi connectivity index (χ4v) is 9.25. The summed E-state index contributed by atoms with van der Waals surface area (Å²) in [4.78, 5) is 14.3. The summed E-state index contributed by atoms with van der Waals surface area (Å²) in [5, 5.41) is 4.55. The van der Waals surface area contributed by atoms with Crippen molar-refractivity contribution in [2.45, 2.75) is 96.5 Å². The molecule has 7 heteroatoms. The lowest BCUT2D eigenvalue weighted by Gasteiger charge is -2.60. The fourth-order valence-electron chi connectivity index (χ4n) is 8.42. The van der Waals surface area contributed by atoms with Crippen LogP contribution in [0.25, 0.3) is 0 Å². The lowest BCUT2D eigenvalue weighted by molar-refractivity contribution is -0.158. The minimum atomic E-state index is -3.67. The van der Waals surface area contributed by atoms with E-state index in [4.69, 9.17) is 4.74 Å². The maximum absolute atomic E-state index is 12.8. The number of hydrogen-bond donors (Lipinski definition) is 1. The maximum atomic E-state index is 12.8. The van der Waals surface area contributed by atoms with E-state index in [-0.39, 0.29) is 22.4 Å². The minimum Gasteiger partial charge on any atom is -0.463 e. The van der Waals surface area contributed by atoms with Crippen molar-refractivity contribution in [1.29, 1.82) is 0 Å². The number of nitrogens with one attached hydrogen (secondary N) is 1. The van der Waals surface area contributed by atoms with Crippen molar-refractivity contribution < 1.29 is 17.9 Å². The second-order valence-electron chi connectivity index (χ2n) is 12.1. The van der Waals surface area contributed by atoms with E-state index in [2.05, 4.69) is 23.8 Å². The first-order valence-electron chi connectivity index (χ1n) is 13.4. The average molecular weight is 501 g/mol. The number of hydrazone groups is 1. The molecule has 35 heavy (non-hydrogen) atoms. The largest absolute Gasteiger partial charge is 0.463 e. The van der Waals surface area contributed by atoms with Gasteiger partial charge in [-0.3, -0.25) is 4.79 Å². The minimum absolute atomic E-state index is 0.0326. The highest BCUT2D eigenvalue weighted by molar-refractivity contribution is 7.89. The van der Waals surface area contributed by atoms with Crippen LogP contribution in [0.2, 0.25) is 0 Å². The molecule has 0 aliphatic heterocycles. The Morgan fingerprint density at radius 3 is 2.49 bits per heavy atom. The van der Waals surface area contributed by atoms with Gasteiger partial charge < -0.3 is 4.74 Å². The fraction of sp³-hybridized carbons (Fsp3) is 0.714. The van der Waals surface area contributed by atoms with E-state index in [9.17, 15) is 13.2 Å². The second-order valence-corrected chi connectivity index (χ2v) is 13.8. The van der Waals surface area contributed by atoms with Crippen molar-refractivity contribution in [3.8, 4) is 0 Å². The van der Waals surface area contributed by atoms with Crippen molar-refractivity contribution in [3.63, 3.8) is 0 Å². The number of aryl methyl sites for hydroxylation is 1. The van der Waals surface area contributed by atoms with Gasteiger partial charge in [0.15, 0.2) is 0 Å². The molecule has 4 fully saturated rings. The van der Waals surface area contributed by atoms with Crippen LogP contribution in [0.15, 0.2) is 34.3 Å². The van der Waals surface area contributed by atoms with Crippen molar-refractivity contribution in [2.75, 3.05) is 0 Å². The average Bonchev–Trinajstić information content (AvgIpc) is 3.14. The smallest absolute Gasteiger partial charge is 0.302 e. The number of rotatable bonds is 4. The van der Waals surface area contributed by atoms with Crippen LogP contribution < -0.4 is 4.83 Å². The quantitative estimate of drug-likeness (QED) is 0.431. The molecule has 4 saturated carbocycles. The Balaban J connectivity index is 1.31. The van der Waals surface area contributed by atoms with Gasteiger partial charge >= 0.3 is 5.97 Å². The van der Waals surface area contributed by atoms with Crippen LogP contribution in [-0.4, -0.2) is 26.2 Å². The highest BCUT2D eigenvalue weighted by Gasteiger charge is 2.59. The Morgan fingerprint density at radius 2 is 1.77 bits per heavy atom. The second kappa shape index (κ2) is 8.89. The van der Waals surface area contributed by atoms with E-state index in [1.165, 1.54) is 26.2 Å². The van der Waals surface area contributed by atoms with Gasteiger partial charge in [-0.05, 0) is 106 Å². The van der Waals surface area contributed by atoms with Crippen LogP contribution in [0.5, 0.6) is 0 Å². The topological polar surface area (TPSA) is 84.8 Å². The van der Waals surface area contributed by atoms with E-state index >= 15 is 0 Å². The molecule has 1 N–H and O–H groups in total. The maximum Gasteiger partial charge on any atom is 0.302 e. The predicted octanol–water partition coefficient (Wildman–Crippen LogP) is 5.60. The zero-order valence-electron chi connectivity index (χ0n) is 21.5. The third-order valence-electron chi connectivity index (χ3n) is 10.3. The van der Waals surface area contributed by atoms with Gasteiger partial charge in [-0.1, -0.05) is 31.5 Å². The number of carbonyl (C=O) groups is 1. The molecule has 0 saturated heterocycles. The standard InChI is InChI=1S/C28H40N2O4S/c1-18-5-8-22(9-6-18)35(32,33)30-29-26-12-11-24-23-10-7-20-17-21(34-19(2)31)13-15-27(20,3)25(23)14-16-28(24,26)4/h5-6,8-9,20-21,23-25,30H,7,10-17H2,1-4H3/t20-,21+,23-,24-,25+,27+,28-/m1/s1. The number of nitrogens with zero attached hydrogens (tertiary/aromatic N) is 1. The van der Waals surface area contributed by atoms with Gasteiger partial charge in [0.05, 0.1) is 4.90 Å². The monoisotopic (exact) mass is 500 g/mol. The van der Waals surface area contributed by atoms with Gasteiger partial charge in [0, 0.05) is 18.1 Å². The molecule has 0 bridgehead atoms. The molecule has 7 atom stereocenters. The number of esters is 1. The Labute approximate surface area is 210 Å². The Bertz CT molecular complexity index is 1110. The summed E-state index contributed by atoms with van der Waals surface area (Å²) in [6, 6.07) is 6.90. The molecule has 0 radical (unpaired) electrons. The van der Waals surface area contributed by atoms with E-state index in [1.807, 2.05) is 19.1 Å². The number of benzene rings is 1. The summed E-state index contributed by atoms with van der Waals surface area (Å²) >= 11 is 0. The number of fused-ring (bicyclic) bond motifs is 5. The lowest BCUT2D eigenvalue weighted by Crippen LogP contribution is -2.54. The Hall–Kier alpha value is -1.89. The van der Waals surface area contributed by atoms with Gasteiger partial charge in [-0.25, -0.2) is 4.83 Å². The predicted molar refractivity (Wildman–Crippen MR) is 136 cm³/mol. The summed E-state index contributed by atoms with van der Waals surface area (Å²) in [5.41, 5.74) is 2.34. The van der Waals surface area contributed by atoms with E-state index in [0.717, 1.165) is 49.8 Å². The molecule has 4 aliphatic rings. The highest BCUT2D eigenvalue weighted by atomic mass is 32.2. The van der Waals surface area contributed by atoms with Crippen LogP contribution in [0, 0.1) is 41.4 Å². The molecule has 192 valence electrons. The molecule has 0 spiro atoms. The highest BCUT2D eigenvalue weighted by Crippen LogP contribution is 2.65. The van der Waals surface area contributed by atoms with Gasteiger partial charge in [0.1, 0.15) is 6.10 Å². The Morgan fingerprint density at radius 1 is 1.03 bits per heavy atom. The molecule has 1 aromatic carbocycles. The molecule has 0 amide bonds. The van der Waals surface area contributed by atoms with E-state index in [0.29, 0.717) is 29.1 Å². The first kappa shape index (κ1) is 24.8. The zero-order chi connectivity index (χ0) is 25.0. The number of ether oxygens (including phenoxy) is 1. The van der Waals surface area contributed by atoms with Gasteiger partial charge in [-0.15, -0.1) is 0 Å². The molecule has 1 aromatic rings. The van der Waals surface area contributed by atoms with Crippen LogP contribution in [-0.2, 0) is 19.6 Å². The molecular formula is C28H40N2O4S. The van der Waals surface area contributed by atoms with Gasteiger partial charge in [0.2, 0.25) is 0 Å². The van der Waals surface area contributed by atoms with Crippen molar-refractivity contribution in [3.05, 3.63) is 29.8 Å². The molecule has 6 nitrogen and oxygen atoms in total. The van der Waals surface area contributed by atoms with Crippen molar-refractivity contribution in [2.24, 2.45) is 39.6 Å². The molecule has 0 unspecified atom stereocenters. The van der Waals surface area contributed by atoms with Crippen LogP contribution in [0.1, 0.15) is 84.1 Å². The van der Waals surface area contributed by atoms with Crippen LogP contribution in [0.3, 0.4) is 0 Å². The molecule has 5 rings (SSSR count). The first-order chi connectivity index (χ1) is 16.5. The third-order valence-corrected chi connectivity index (χ3v) is 11.5. The first-order valence-corrected chi connectivity index (χ1v) is 14.8. The van der Waals surface area contributed by atoms with E-state index < -0.39 is 10.0 Å². The number of carbonyl (C=O) groups excluding carboxylic acids is 1. The van der Waals surface area contributed by atoms with Gasteiger partial charge in [-0.2, -0.15) is 13.5 Å². The van der Waals surface area contributed by atoms with Crippen molar-refractivity contribution in [1.82, 2.24) is 4.83 Å². The normalized spacial score (nSPS) is 39.9. The molecule has 0 heterocycles. The summed E-state index contributed by atoms with van der Waals surface area (Å²) in [5.74, 6) is 2.40. The molecule has 0 aromatic heterocycles. The molecular weight excluding hydrogens is 460 g/mol. The van der Waals surface area contributed by atoms with Crippen LogP contribution in [0.4, 0.5) is 0 Å². The van der Waals surface area contributed by atoms with Gasteiger partial charge in [0.25, 0.3) is 10.0 Å². The third kappa shape index (κ3) is 4.32. The lowest BCUT2D eigenvalue weighted by atomic mass is 9.45. The van der Waals surface area contributed by atoms with Crippen LogP contribution >= 0.6 is 0 Å². The zero-order valence-corrected chi connectivity index (χ0v) is 22.4. The summed E-state index contributed by atoms with van der Waals surface area (Å²) in [7, 11) is -3.67.